The van der Waals surface area contributed by atoms with Crippen LogP contribution in [0.2, 0.25) is 0 Å². The van der Waals surface area contributed by atoms with Gasteiger partial charge in [-0.25, -0.2) is 0 Å². The average Bonchev–Trinajstić information content (AvgIpc) is 2.95. The predicted octanol–water partition coefficient (Wildman–Crippen LogP) is 0.782. The quantitative estimate of drug-likeness (QED) is 0.674. The molecule has 2 atom stereocenters. The van der Waals surface area contributed by atoms with Crippen molar-refractivity contribution in [3.63, 3.8) is 0 Å². The number of aliphatic carboxylic acids is 1. The first-order valence-electron chi connectivity index (χ1n) is 6.30. The monoisotopic (exact) mass is 241 g/mol. The molecule has 0 aromatic rings. The summed E-state index contributed by atoms with van der Waals surface area (Å²) < 4.78 is 5.60. The molecule has 2 fully saturated rings. The highest BCUT2D eigenvalue weighted by Crippen LogP contribution is 2.38. The van der Waals surface area contributed by atoms with Crippen molar-refractivity contribution in [1.29, 1.82) is 0 Å². The second kappa shape index (κ2) is 5.49. The van der Waals surface area contributed by atoms with Crippen molar-refractivity contribution in [2.75, 3.05) is 13.2 Å². The van der Waals surface area contributed by atoms with E-state index in [1.165, 1.54) is 12.8 Å². The Hall–Kier alpha value is -1.10. The summed E-state index contributed by atoms with van der Waals surface area (Å²) in [6.07, 6.45) is 5.55. The molecule has 0 heterocycles. The lowest BCUT2D eigenvalue weighted by molar-refractivity contribution is -0.140. The highest BCUT2D eigenvalue weighted by molar-refractivity contribution is 5.89. The van der Waals surface area contributed by atoms with E-state index in [-0.39, 0.29) is 11.8 Å². The van der Waals surface area contributed by atoms with Crippen LogP contribution in [0.4, 0.5) is 0 Å². The van der Waals surface area contributed by atoms with Crippen LogP contribution in [0.15, 0.2) is 0 Å². The van der Waals surface area contributed by atoms with Gasteiger partial charge in [-0.3, -0.25) is 9.59 Å². The minimum absolute atomic E-state index is 0.146. The maximum Gasteiger partial charge on any atom is 0.307 e. The molecule has 2 aliphatic rings. The zero-order chi connectivity index (χ0) is 12.3. The summed E-state index contributed by atoms with van der Waals surface area (Å²) >= 11 is 0. The summed E-state index contributed by atoms with van der Waals surface area (Å²) in [5.41, 5.74) is 0. The van der Waals surface area contributed by atoms with E-state index in [9.17, 15) is 9.59 Å². The SMILES string of the molecule is O=C(O)[C@H]1C[C@H]1C(=O)NCCOC1CCCC1. The van der Waals surface area contributed by atoms with Crippen LogP contribution in [0.5, 0.6) is 0 Å². The fourth-order valence-electron chi connectivity index (χ4n) is 2.34. The van der Waals surface area contributed by atoms with Crippen molar-refractivity contribution >= 4 is 11.9 Å². The first-order valence-corrected chi connectivity index (χ1v) is 6.30. The maximum absolute atomic E-state index is 11.5. The lowest BCUT2D eigenvalue weighted by Crippen LogP contribution is -2.30. The van der Waals surface area contributed by atoms with E-state index in [2.05, 4.69) is 5.32 Å². The van der Waals surface area contributed by atoms with Gasteiger partial charge in [0.2, 0.25) is 5.91 Å². The molecule has 0 radical (unpaired) electrons. The summed E-state index contributed by atoms with van der Waals surface area (Å²) in [4.78, 5) is 22.1. The Bertz CT molecular complexity index is 299. The van der Waals surface area contributed by atoms with E-state index in [1.807, 2.05) is 0 Å². The zero-order valence-corrected chi connectivity index (χ0v) is 9.85. The summed E-state index contributed by atoms with van der Waals surface area (Å²) in [7, 11) is 0. The van der Waals surface area contributed by atoms with Crippen LogP contribution < -0.4 is 5.32 Å². The van der Waals surface area contributed by atoms with E-state index < -0.39 is 11.9 Å². The fraction of sp³-hybridized carbons (Fsp3) is 0.833. The van der Waals surface area contributed by atoms with Crippen molar-refractivity contribution < 1.29 is 19.4 Å². The highest BCUT2D eigenvalue weighted by atomic mass is 16.5. The van der Waals surface area contributed by atoms with E-state index in [1.54, 1.807) is 0 Å². The van der Waals surface area contributed by atoms with Gasteiger partial charge < -0.3 is 15.2 Å². The molecular formula is C12H19NO4. The number of hydrogen-bond acceptors (Lipinski definition) is 3. The van der Waals surface area contributed by atoms with Crippen LogP contribution in [0, 0.1) is 11.8 Å². The summed E-state index contributed by atoms with van der Waals surface area (Å²) in [5.74, 6) is -1.80. The van der Waals surface area contributed by atoms with Gasteiger partial charge in [0, 0.05) is 6.54 Å². The molecule has 17 heavy (non-hydrogen) atoms. The number of carboxylic acids is 1. The maximum atomic E-state index is 11.5. The van der Waals surface area contributed by atoms with Crippen LogP contribution >= 0.6 is 0 Å². The van der Waals surface area contributed by atoms with E-state index >= 15 is 0 Å². The molecule has 1 amide bonds. The third-order valence-corrected chi connectivity index (χ3v) is 3.50. The summed E-state index contributed by atoms with van der Waals surface area (Å²) in [6, 6.07) is 0. The van der Waals surface area contributed by atoms with Crippen molar-refractivity contribution in [1.82, 2.24) is 5.32 Å². The van der Waals surface area contributed by atoms with Crippen LogP contribution in [0.25, 0.3) is 0 Å². The molecular weight excluding hydrogens is 222 g/mol. The number of rotatable bonds is 6. The number of carbonyl (C=O) groups is 2. The lowest BCUT2D eigenvalue weighted by Gasteiger charge is -2.11. The Kier molecular flexibility index (Phi) is 3.99. The molecule has 5 nitrogen and oxygen atoms in total. The third kappa shape index (κ3) is 3.43. The molecule has 5 heteroatoms. The molecule has 2 N–H and O–H groups in total. The minimum Gasteiger partial charge on any atom is -0.481 e. The molecule has 0 bridgehead atoms. The molecule has 0 unspecified atom stereocenters. The van der Waals surface area contributed by atoms with Crippen molar-refractivity contribution in [2.45, 2.75) is 38.2 Å². The Morgan fingerprint density at radius 2 is 1.94 bits per heavy atom. The molecule has 0 aliphatic heterocycles. The number of nitrogens with one attached hydrogen (secondary N) is 1. The fourth-order valence-corrected chi connectivity index (χ4v) is 2.34. The van der Waals surface area contributed by atoms with Crippen LogP contribution in [-0.4, -0.2) is 36.2 Å². The largest absolute Gasteiger partial charge is 0.481 e. The van der Waals surface area contributed by atoms with Crippen molar-refractivity contribution in [3.05, 3.63) is 0 Å². The molecule has 2 rings (SSSR count). The molecule has 0 aromatic carbocycles. The molecule has 0 aromatic heterocycles. The van der Waals surface area contributed by atoms with Crippen LogP contribution in [-0.2, 0) is 14.3 Å². The summed E-state index contributed by atoms with van der Waals surface area (Å²) in [6.45, 7) is 1.01. The molecule has 2 aliphatic carbocycles. The first kappa shape index (κ1) is 12.4. The van der Waals surface area contributed by atoms with E-state index in [0.29, 0.717) is 25.7 Å². The van der Waals surface area contributed by atoms with Crippen LogP contribution in [0.1, 0.15) is 32.1 Å². The predicted molar refractivity (Wildman–Crippen MR) is 60.5 cm³/mol. The number of amides is 1. The normalized spacial score (nSPS) is 28.0. The Morgan fingerprint density at radius 3 is 2.53 bits per heavy atom. The first-order chi connectivity index (χ1) is 8.18. The summed E-state index contributed by atoms with van der Waals surface area (Å²) in [5, 5.41) is 11.4. The van der Waals surface area contributed by atoms with Gasteiger partial charge in [0.05, 0.1) is 24.5 Å². The number of carboxylic acid groups (broad SMARTS) is 1. The Labute approximate surface area is 101 Å². The van der Waals surface area contributed by atoms with Gasteiger partial charge in [-0.05, 0) is 19.3 Å². The Balaban J connectivity index is 1.53. The van der Waals surface area contributed by atoms with Crippen LogP contribution in [0.3, 0.4) is 0 Å². The van der Waals surface area contributed by atoms with Gasteiger partial charge in [0.1, 0.15) is 0 Å². The van der Waals surface area contributed by atoms with Gasteiger partial charge in [0.25, 0.3) is 0 Å². The topological polar surface area (TPSA) is 75.6 Å². The van der Waals surface area contributed by atoms with Gasteiger partial charge in [0.15, 0.2) is 0 Å². The average molecular weight is 241 g/mol. The van der Waals surface area contributed by atoms with Gasteiger partial charge in [-0.15, -0.1) is 0 Å². The second-order valence-corrected chi connectivity index (χ2v) is 4.86. The lowest BCUT2D eigenvalue weighted by atomic mass is 10.3. The van der Waals surface area contributed by atoms with Gasteiger partial charge in [-0.2, -0.15) is 0 Å². The minimum atomic E-state index is -0.868. The third-order valence-electron chi connectivity index (χ3n) is 3.50. The van der Waals surface area contributed by atoms with Crippen molar-refractivity contribution in [2.24, 2.45) is 11.8 Å². The number of ether oxygens (including phenoxy) is 1. The molecule has 0 saturated heterocycles. The number of carbonyl (C=O) groups excluding carboxylic acids is 1. The van der Waals surface area contributed by atoms with Crippen molar-refractivity contribution in [3.8, 4) is 0 Å². The van der Waals surface area contributed by atoms with E-state index in [4.69, 9.17) is 9.84 Å². The standard InChI is InChI=1S/C12H19NO4/c14-11(9-7-10(9)12(15)16)13-5-6-17-8-3-1-2-4-8/h8-10H,1-7H2,(H,13,14)(H,15,16)/t9-,10+/m1/s1. The van der Waals surface area contributed by atoms with E-state index in [0.717, 1.165) is 12.8 Å². The molecule has 2 saturated carbocycles. The number of hydrogen-bond donors (Lipinski definition) is 2. The van der Waals surface area contributed by atoms with Gasteiger partial charge in [-0.1, -0.05) is 12.8 Å². The highest BCUT2D eigenvalue weighted by Gasteiger charge is 2.48. The second-order valence-electron chi connectivity index (χ2n) is 4.86. The Morgan fingerprint density at radius 1 is 1.24 bits per heavy atom. The smallest absolute Gasteiger partial charge is 0.307 e. The molecule has 0 spiro atoms. The molecule has 96 valence electrons. The van der Waals surface area contributed by atoms with Gasteiger partial charge >= 0.3 is 5.97 Å². The zero-order valence-electron chi connectivity index (χ0n) is 9.85.